The van der Waals surface area contributed by atoms with Crippen molar-refractivity contribution >= 4 is 27.7 Å². The fourth-order valence-corrected chi connectivity index (χ4v) is 2.42. The molecule has 104 valence electrons. The molecule has 2 rings (SSSR count). The van der Waals surface area contributed by atoms with E-state index in [2.05, 4.69) is 31.5 Å². The average Bonchev–Trinajstić information content (AvgIpc) is 2.77. The van der Waals surface area contributed by atoms with Crippen LogP contribution < -0.4 is 10.6 Å². The molecule has 0 aromatic carbocycles. The topological polar surface area (TPSA) is 63.2 Å². The first-order valence-electron chi connectivity index (χ1n) is 6.43. The van der Waals surface area contributed by atoms with Crippen LogP contribution in [0.5, 0.6) is 0 Å². The highest BCUT2D eigenvalue weighted by Crippen LogP contribution is 2.19. The van der Waals surface area contributed by atoms with E-state index in [1.807, 2.05) is 13.8 Å². The lowest BCUT2D eigenvalue weighted by atomic mass is 10.1. The van der Waals surface area contributed by atoms with Gasteiger partial charge < -0.3 is 15.4 Å². The molecule has 1 fully saturated rings. The summed E-state index contributed by atoms with van der Waals surface area (Å²) in [5.74, 6) is 0.488. The van der Waals surface area contributed by atoms with Crippen molar-refractivity contribution in [1.82, 2.24) is 10.3 Å². The minimum absolute atomic E-state index is 0.0617. The molecular formula is C13H18BrN3O2. The van der Waals surface area contributed by atoms with Gasteiger partial charge in [0.25, 0.3) is 5.91 Å². The molecule has 1 aromatic heterocycles. The molecule has 0 radical (unpaired) electrons. The number of halogens is 1. The van der Waals surface area contributed by atoms with Crippen LogP contribution in [-0.4, -0.2) is 36.2 Å². The van der Waals surface area contributed by atoms with Crippen LogP contribution >= 0.6 is 15.9 Å². The lowest BCUT2D eigenvalue weighted by Crippen LogP contribution is -2.39. The number of anilines is 1. The van der Waals surface area contributed by atoms with Gasteiger partial charge in [0.05, 0.1) is 17.7 Å². The van der Waals surface area contributed by atoms with E-state index in [1.165, 1.54) is 0 Å². The molecule has 19 heavy (non-hydrogen) atoms. The molecule has 0 aliphatic carbocycles. The third-order valence-corrected chi connectivity index (χ3v) is 3.57. The van der Waals surface area contributed by atoms with Crippen LogP contribution in [-0.2, 0) is 4.74 Å². The third-order valence-electron chi connectivity index (χ3n) is 3.14. The second-order valence-electron chi connectivity index (χ2n) is 4.52. The smallest absolute Gasteiger partial charge is 0.255 e. The van der Waals surface area contributed by atoms with Crippen molar-refractivity contribution < 1.29 is 9.53 Å². The first-order valence-corrected chi connectivity index (χ1v) is 7.23. The summed E-state index contributed by atoms with van der Waals surface area (Å²) in [6.45, 7) is 5.36. The van der Waals surface area contributed by atoms with Crippen molar-refractivity contribution in [2.24, 2.45) is 0 Å². The molecule has 2 N–H and O–H groups in total. The zero-order chi connectivity index (χ0) is 13.8. The molecule has 1 saturated heterocycles. The van der Waals surface area contributed by atoms with Crippen molar-refractivity contribution in [2.45, 2.75) is 32.4 Å². The number of ether oxygens (including phenoxy) is 1. The van der Waals surface area contributed by atoms with Crippen molar-refractivity contribution in [3.63, 3.8) is 0 Å². The number of nitrogens with zero attached hydrogens (tertiary/aromatic N) is 1. The molecule has 0 bridgehead atoms. The fraction of sp³-hybridized carbons (Fsp3) is 0.538. The van der Waals surface area contributed by atoms with Crippen LogP contribution in [0.2, 0.25) is 0 Å². The van der Waals surface area contributed by atoms with Crippen molar-refractivity contribution in [3.05, 3.63) is 22.3 Å². The lowest BCUT2D eigenvalue weighted by Gasteiger charge is -2.17. The van der Waals surface area contributed by atoms with Gasteiger partial charge in [0.1, 0.15) is 5.82 Å². The Balaban J connectivity index is 2.15. The Kier molecular flexibility index (Phi) is 4.76. The summed E-state index contributed by atoms with van der Waals surface area (Å²) in [6, 6.07) is 1.85. The quantitative estimate of drug-likeness (QED) is 0.889. The minimum atomic E-state index is -0.118. The molecule has 0 saturated carbocycles. The molecule has 1 aliphatic rings. The molecule has 1 aromatic rings. The molecule has 1 aliphatic heterocycles. The van der Waals surface area contributed by atoms with Crippen molar-refractivity contribution in [3.8, 4) is 0 Å². The van der Waals surface area contributed by atoms with E-state index in [0.717, 1.165) is 17.4 Å². The van der Waals surface area contributed by atoms with Gasteiger partial charge in [-0.25, -0.2) is 4.98 Å². The monoisotopic (exact) mass is 327 g/mol. The summed E-state index contributed by atoms with van der Waals surface area (Å²) in [7, 11) is 0. The van der Waals surface area contributed by atoms with Crippen molar-refractivity contribution in [2.75, 3.05) is 18.5 Å². The fourth-order valence-electron chi connectivity index (χ4n) is 2.09. The Morgan fingerprint density at radius 3 is 3.05 bits per heavy atom. The predicted molar refractivity (Wildman–Crippen MR) is 77.4 cm³/mol. The average molecular weight is 328 g/mol. The minimum Gasteiger partial charge on any atom is -0.376 e. The lowest BCUT2D eigenvalue weighted by molar-refractivity contribution is 0.0866. The summed E-state index contributed by atoms with van der Waals surface area (Å²) in [6.07, 6.45) is 2.59. The maximum absolute atomic E-state index is 12.3. The Labute approximate surface area is 121 Å². The second kappa shape index (κ2) is 6.34. The van der Waals surface area contributed by atoms with E-state index in [1.54, 1.807) is 12.3 Å². The summed E-state index contributed by atoms with van der Waals surface area (Å²) >= 11 is 3.35. The molecule has 2 unspecified atom stereocenters. The maximum atomic E-state index is 12.3. The van der Waals surface area contributed by atoms with E-state index in [-0.39, 0.29) is 18.1 Å². The van der Waals surface area contributed by atoms with E-state index in [4.69, 9.17) is 4.74 Å². The highest BCUT2D eigenvalue weighted by molar-refractivity contribution is 9.10. The number of hydrogen-bond acceptors (Lipinski definition) is 4. The SMILES string of the molecule is CCNc1ncc(Br)cc1C(=O)NC1CCOC1C. The summed E-state index contributed by atoms with van der Waals surface area (Å²) in [5, 5.41) is 6.10. The summed E-state index contributed by atoms with van der Waals surface area (Å²) in [5.41, 5.74) is 0.551. The summed E-state index contributed by atoms with van der Waals surface area (Å²) < 4.78 is 6.24. The van der Waals surface area contributed by atoms with Gasteiger partial charge in [-0.1, -0.05) is 0 Å². The van der Waals surface area contributed by atoms with E-state index in [9.17, 15) is 4.79 Å². The second-order valence-corrected chi connectivity index (χ2v) is 5.44. The van der Waals surface area contributed by atoms with Gasteiger partial charge in [-0.2, -0.15) is 0 Å². The number of pyridine rings is 1. The van der Waals surface area contributed by atoms with E-state index < -0.39 is 0 Å². The summed E-state index contributed by atoms with van der Waals surface area (Å²) in [4.78, 5) is 16.6. The Bertz CT molecular complexity index is 467. The maximum Gasteiger partial charge on any atom is 0.255 e. The van der Waals surface area contributed by atoms with Gasteiger partial charge in [-0.15, -0.1) is 0 Å². The van der Waals surface area contributed by atoms with Gasteiger partial charge in [0.2, 0.25) is 0 Å². The van der Waals surface area contributed by atoms with Gasteiger partial charge in [-0.3, -0.25) is 4.79 Å². The number of nitrogens with one attached hydrogen (secondary N) is 2. The van der Waals surface area contributed by atoms with Crippen LogP contribution in [0.4, 0.5) is 5.82 Å². The van der Waals surface area contributed by atoms with E-state index >= 15 is 0 Å². The van der Waals surface area contributed by atoms with Crippen LogP contribution in [0, 0.1) is 0 Å². The predicted octanol–water partition coefficient (Wildman–Crippen LogP) is 2.18. The molecule has 2 atom stereocenters. The highest BCUT2D eigenvalue weighted by atomic mass is 79.9. The number of amides is 1. The molecule has 6 heteroatoms. The Morgan fingerprint density at radius 1 is 1.63 bits per heavy atom. The highest BCUT2D eigenvalue weighted by Gasteiger charge is 2.27. The molecule has 5 nitrogen and oxygen atoms in total. The van der Waals surface area contributed by atoms with Gasteiger partial charge in [0.15, 0.2) is 0 Å². The molecule has 1 amide bonds. The van der Waals surface area contributed by atoms with Gasteiger partial charge in [0, 0.05) is 23.8 Å². The third kappa shape index (κ3) is 3.45. The number of carbonyl (C=O) groups excluding carboxylic acids is 1. The zero-order valence-corrected chi connectivity index (χ0v) is 12.7. The normalized spacial score (nSPS) is 22.3. The van der Waals surface area contributed by atoms with E-state index in [0.29, 0.717) is 18.0 Å². The zero-order valence-electron chi connectivity index (χ0n) is 11.1. The number of hydrogen-bond donors (Lipinski definition) is 2. The number of rotatable bonds is 4. The van der Waals surface area contributed by atoms with Gasteiger partial charge in [-0.05, 0) is 42.3 Å². The van der Waals surface area contributed by atoms with Crippen LogP contribution in [0.15, 0.2) is 16.7 Å². The first-order chi connectivity index (χ1) is 9.11. The Morgan fingerprint density at radius 2 is 2.42 bits per heavy atom. The molecule has 2 heterocycles. The molecule has 0 spiro atoms. The van der Waals surface area contributed by atoms with Crippen LogP contribution in [0.1, 0.15) is 30.6 Å². The number of carbonyl (C=O) groups is 1. The Hall–Kier alpha value is -1.14. The van der Waals surface area contributed by atoms with Crippen molar-refractivity contribution in [1.29, 1.82) is 0 Å². The van der Waals surface area contributed by atoms with Crippen LogP contribution in [0.3, 0.4) is 0 Å². The van der Waals surface area contributed by atoms with Crippen LogP contribution in [0.25, 0.3) is 0 Å². The standard InChI is InChI=1S/C13H18BrN3O2/c1-3-15-12-10(6-9(14)7-16-12)13(18)17-11-4-5-19-8(11)2/h6-8,11H,3-5H2,1-2H3,(H,15,16)(H,17,18). The first kappa shape index (κ1) is 14.3. The molecular weight excluding hydrogens is 310 g/mol. The van der Waals surface area contributed by atoms with Gasteiger partial charge >= 0.3 is 0 Å². The number of aromatic nitrogens is 1. The largest absolute Gasteiger partial charge is 0.376 e.